The fraction of sp³-hybridized carbons (Fsp3) is 0.500. The number of aromatic nitrogens is 1. The fourth-order valence-electron chi connectivity index (χ4n) is 1.13. The lowest BCUT2D eigenvalue weighted by Gasteiger charge is -2.07. The molecule has 1 rings (SSSR count). The highest BCUT2D eigenvalue weighted by Gasteiger charge is 2.02. The average Bonchev–Trinajstić information content (AvgIpc) is 2.14. The summed E-state index contributed by atoms with van der Waals surface area (Å²) in [4.78, 5) is 4.17. The molecule has 1 aromatic rings. The second-order valence-corrected chi connectivity index (χ2v) is 5.40. The van der Waals surface area contributed by atoms with Crippen LogP contribution in [0.15, 0.2) is 16.7 Å². The summed E-state index contributed by atoms with van der Waals surface area (Å²) in [6.45, 7) is 2.83. The Hall–Kier alpha value is 0.01000. The third-order valence-corrected chi connectivity index (χ3v) is 2.82. The Balaban J connectivity index is 2.37. The molecule has 2 nitrogen and oxygen atoms in total. The molecule has 1 heterocycles. The van der Waals surface area contributed by atoms with Gasteiger partial charge in [0.2, 0.25) is 0 Å². The van der Waals surface area contributed by atoms with E-state index in [9.17, 15) is 0 Å². The maximum atomic E-state index is 5.99. The number of hydrogen-bond donors (Lipinski definition) is 1. The maximum Gasteiger partial charge on any atom is 0.144 e. The summed E-state index contributed by atoms with van der Waals surface area (Å²) >= 11 is 15.1. The van der Waals surface area contributed by atoms with E-state index in [2.05, 4.69) is 26.2 Å². The van der Waals surface area contributed by atoms with Crippen LogP contribution in [0, 0.1) is 0 Å². The average molecular weight is 312 g/mol. The molecule has 0 bridgehead atoms. The first-order valence-corrected chi connectivity index (χ1v) is 6.39. The summed E-state index contributed by atoms with van der Waals surface area (Å²) < 4.78 is 0.882. The van der Waals surface area contributed by atoms with Crippen molar-refractivity contribution < 1.29 is 0 Å². The Morgan fingerprint density at radius 1 is 1.60 bits per heavy atom. The van der Waals surface area contributed by atoms with Crippen molar-refractivity contribution in [1.29, 1.82) is 0 Å². The molecule has 0 fully saturated rings. The third kappa shape index (κ3) is 5.05. The van der Waals surface area contributed by atoms with Gasteiger partial charge in [0.15, 0.2) is 0 Å². The van der Waals surface area contributed by atoms with Crippen molar-refractivity contribution in [2.24, 2.45) is 0 Å². The van der Waals surface area contributed by atoms with Crippen molar-refractivity contribution in [3.63, 3.8) is 0 Å². The Bertz CT molecular complexity index is 318. The lowest BCUT2D eigenvalue weighted by atomic mass is 10.2. The molecule has 0 saturated carbocycles. The zero-order chi connectivity index (χ0) is 11.3. The number of anilines is 1. The predicted molar refractivity (Wildman–Crippen MR) is 70.0 cm³/mol. The molecule has 0 aromatic carbocycles. The SMILES string of the molecule is CC(Cl)CCCNc1ncc(Br)cc1Cl. The molecule has 0 amide bonds. The Kier molecular flexibility index (Phi) is 5.72. The van der Waals surface area contributed by atoms with Crippen molar-refractivity contribution in [2.45, 2.75) is 25.1 Å². The van der Waals surface area contributed by atoms with E-state index in [1.54, 1.807) is 6.20 Å². The topological polar surface area (TPSA) is 24.9 Å². The molecule has 84 valence electrons. The van der Waals surface area contributed by atoms with Crippen molar-refractivity contribution in [3.05, 3.63) is 21.8 Å². The highest BCUT2D eigenvalue weighted by molar-refractivity contribution is 9.10. The quantitative estimate of drug-likeness (QED) is 0.647. The lowest BCUT2D eigenvalue weighted by molar-refractivity contribution is 0.749. The van der Waals surface area contributed by atoms with E-state index in [1.165, 1.54) is 0 Å². The number of hydrogen-bond acceptors (Lipinski definition) is 2. The van der Waals surface area contributed by atoms with Gasteiger partial charge in [-0.3, -0.25) is 0 Å². The van der Waals surface area contributed by atoms with E-state index in [0.29, 0.717) is 5.02 Å². The van der Waals surface area contributed by atoms with Crippen LogP contribution in [0.4, 0.5) is 5.82 Å². The van der Waals surface area contributed by atoms with E-state index < -0.39 is 0 Å². The van der Waals surface area contributed by atoms with Crippen molar-refractivity contribution in [2.75, 3.05) is 11.9 Å². The summed E-state index contributed by atoms with van der Waals surface area (Å²) in [6, 6.07) is 1.82. The highest BCUT2D eigenvalue weighted by atomic mass is 79.9. The van der Waals surface area contributed by atoms with Crippen LogP contribution in [-0.4, -0.2) is 16.9 Å². The first-order chi connectivity index (χ1) is 7.09. The molecule has 1 atom stereocenters. The Morgan fingerprint density at radius 2 is 2.33 bits per heavy atom. The summed E-state index contributed by atoms with van der Waals surface area (Å²) in [6.07, 6.45) is 3.72. The minimum atomic E-state index is 0.222. The van der Waals surface area contributed by atoms with Crippen molar-refractivity contribution >= 4 is 44.9 Å². The molecule has 0 aliphatic rings. The monoisotopic (exact) mass is 310 g/mol. The van der Waals surface area contributed by atoms with Crippen LogP contribution in [0.2, 0.25) is 5.02 Å². The van der Waals surface area contributed by atoms with Gasteiger partial charge in [0, 0.05) is 22.6 Å². The van der Waals surface area contributed by atoms with Crippen LogP contribution in [0.1, 0.15) is 19.8 Å². The summed E-state index contributed by atoms with van der Waals surface area (Å²) in [5.41, 5.74) is 0. The number of pyridine rings is 1. The minimum absolute atomic E-state index is 0.222. The van der Waals surface area contributed by atoms with Gasteiger partial charge in [-0.25, -0.2) is 4.98 Å². The van der Waals surface area contributed by atoms with Gasteiger partial charge >= 0.3 is 0 Å². The van der Waals surface area contributed by atoms with Gasteiger partial charge in [0.05, 0.1) is 5.02 Å². The normalized spacial score (nSPS) is 12.5. The number of nitrogens with zero attached hydrogens (tertiary/aromatic N) is 1. The molecule has 0 saturated heterocycles. The summed E-state index contributed by atoms with van der Waals surface area (Å²) in [5, 5.41) is 4.02. The van der Waals surface area contributed by atoms with Crippen LogP contribution in [0.3, 0.4) is 0 Å². The molecular formula is C10H13BrCl2N2. The van der Waals surface area contributed by atoms with E-state index in [-0.39, 0.29) is 5.38 Å². The summed E-state index contributed by atoms with van der Waals surface area (Å²) in [7, 11) is 0. The lowest BCUT2D eigenvalue weighted by Crippen LogP contribution is -2.05. The Morgan fingerprint density at radius 3 is 2.93 bits per heavy atom. The maximum absolute atomic E-state index is 5.99. The second kappa shape index (κ2) is 6.56. The molecule has 0 aliphatic heterocycles. The molecule has 0 radical (unpaired) electrons. The number of alkyl halides is 1. The van der Waals surface area contributed by atoms with Crippen LogP contribution in [0.25, 0.3) is 0 Å². The smallest absolute Gasteiger partial charge is 0.144 e. The second-order valence-electron chi connectivity index (χ2n) is 3.33. The van der Waals surface area contributed by atoms with Crippen LogP contribution in [0.5, 0.6) is 0 Å². The first kappa shape index (κ1) is 13.1. The van der Waals surface area contributed by atoms with E-state index in [4.69, 9.17) is 23.2 Å². The Labute approximate surface area is 108 Å². The van der Waals surface area contributed by atoms with Crippen LogP contribution in [-0.2, 0) is 0 Å². The molecule has 1 aromatic heterocycles. The zero-order valence-corrected chi connectivity index (χ0v) is 11.5. The first-order valence-electron chi connectivity index (χ1n) is 4.78. The van der Waals surface area contributed by atoms with E-state index in [0.717, 1.165) is 29.7 Å². The predicted octanol–water partition coefficient (Wildman–Crippen LogP) is 4.32. The highest BCUT2D eigenvalue weighted by Crippen LogP contribution is 2.22. The number of rotatable bonds is 5. The molecule has 5 heteroatoms. The van der Waals surface area contributed by atoms with Gasteiger partial charge in [-0.2, -0.15) is 0 Å². The minimum Gasteiger partial charge on any atom is -0.369 e. The van der Waals surface area contributed by atoms with Gasteiger partial charge in [0.1, 0.15) is 5.82 Å². The van der Waals surface area contributed by atoms with Gasteiger partial charge in [0.25, 0.3) is 0 Å². The van der Waals surface area contributed by atoms with Gasteiger partial charge < -0.3 is 5.32 Å². The largest absolute Gasteiger partial charge is 0.369 e. The van der Waals surface area contributed by atoms with Gasteiger partial charge in [-0.1, -0.05) is 11.6 Å². The molecule has 0 spiro atoms. The molecular weight excluding hydrogens is 299 g/mol. The fourth-order valence-corrected chi connectivity index (χ4v) is 1.99. The molecule has 15 heavy (non-hydrogen) atoms. The molecule has 0 aliphatic carbocycles. The van der Waals surface area contributed by atoms with Gasteiger partial charge in [-0.15, -0.1) is 11.6 Å². The van der Waals surface area contributed by atoms with Crippen molar-refractivity contribution in [1.82, 2.24) is 4.98 Å². The molecule has 1 N–H and O–H groups in total. The van der Waals surface area contributed by atoms with Crippen LogP contribution < -0.4 is 5.32 Å². The number of halogens is 3. The summed E-state index contributed by atoms with van der Waals surface area (Å²) in [5.74, 6) is 0.724. The third-order valence-electron chi connectivity index (χ3n) is 1.88. The van der Waals surface area contributed by atoms with E-state index in [1.807, 2.05) is 13.0 Å². The van der Waals surface area contributed by atoms with Gasteiger partial charge in [-0.05, 0) is 41.8 Å². The number of nitrogens with one attached hydrogen (secondary N) is 1. The standard InChI is InChI=1S/C10H13BrCl2N2/c1-7(12)3-2-4-14-10-9(13)5-8(11)6-15-10/h5-7H,2-4H2,1H3,(H,14,15). The zero-order valence-electron chi connectivity index (χ0n) is 8.43. The van der Waals surface area contributed by atoms with Crippen LogP contribution >= 0.6 is 39.1 Å². The molecule has 1 unspecified atom stereocenters. The van der Waals surface area contributed by atoms with E-state index >= 15 is 0 Å². The van der Waals surface area contributed by atoms with Crippen molar-refractivity contribution in [3.8, 4) is 0 Å².